The lowest BCUT2D eigenvalue weighted by Crippen LogP contribution is -2.37. The number of urea groups is 1. The molecule has 2 N–H and O–H groups in total. The molecule has 2 aliphatic rings. The van der Waals surface area contributed by atoms with E-state index in [9.17, 15) is 9.18 Å². The van der Waals surface area contributed by atoms with Gasteiger partial charge in [-0.2, -0.15) is 0 Å². The molecule has 0 bridgehead atoms. The van der Waals surface area contributed by atoms with E-state index in [1.54, 1.807) is 30.5 Å². The average molecular weight is 607 g/mol. The summed E-state index contributed by atoms with van der Waals surface area (Å²) >= 11 is 0. The minimum Gasteiger partial charge on any atom is -0.489 e. The minimum absolute atomic E-state index is 0.0521. The van der Waals surface area contributed by atoms with Crippen LogP contribution in [-0.2, 0) is 11.3 Å². The minimum atomic E-state index is -0.683. The summed E-state index contributed by atoms with van der Waals surface area (Å²) in [5.74, 6) is 0.642. The zero-order valence-electron chi connectivity index (χ0n) is 23.9. The van der Waals surface area contributed by atoms with E-state index >= 15 is 4.39 Å². The van der Waals surface area contributed by atoms with Crippen molar-refractivity contribution < 1.29 is 37.3 Å². The predicted octanol–water partition coefficient (Wildman–Crippen LogP) is 5.50. The number of amides is 2. The molecule has 3 heterocycles. The number of pyridine rings is 1. The van der Waals surface area contributed by atoms with Crippen LogP contribution in [0.2, 0.25) is 0 Å². The standard InChI is InChI=1S/C32H32F2N4O6/c33-22-4-2-21(3-5-22)20-36-32(39)37-23-6-7-26(24(34)18-23)44-27-8-9-35-25-19-28(30-31(29(25)27)43-17-16-42-30)41-13-1-10-38-11-14-40-15-12-38/h2-9,18-19H,1,10-17,20H2,(H2,36,37,39). The van der Waals surface area contributed by atoms with Crippen molar-refractivity contribution in [1.29, 1.82) is 0 Å². The summed E-state index contributed by atoms with van der Waals surface area (Å²) in [7, 11) is 0. The fourth-order valence-electron chi connectivity index (χ4n) is 5.00. The largest absolute Gasteiger partial charge is 0.489 e. The van der Waals surface area contributed by atoms with Crippen LogP contribution < -0.4 is 29.6 Å². The average Bonchev–Trinajstić information content (AvgIpc) is 3.04. The highest BCUT2D eigenvalue weighted by Crippen LogP contribution is 2.48. The van der Waals surface area contributed by atoms with E-state index in [2.05, 4.69) is 20.5 Å². The van der Waals surface area contributed by atoms with Crippen LogP contribution in [-0.4, -0.2) is 68.6 Å². The van der Waals surface area contributed by atoms with Crippen molar-refractivity contribution in [2.75, 3.05) is 58.0 Å². The van der Waals surface area contributed by atoms with Crippen LogP contribution >= 0.6 is 0 Å². The third-order valence-electron chi connectivity index (χ3n) is 7.20. The first-order chi connectivity index (χ1) is 21.5. The van der Waals surface area contributed by atoms with Gasteiger partial charge in [-0.3, -0.25) is 9.88 Å². The summed E-state index contributed by atoms with van der Waals surface area (Å²) in [4.78, 5) is 19.1. The fourth-order valence-corrected chi connectivity index (χ4v) is 5.00. The summed E-state index contributed by atoms with van der Waals surface area (Å²) in [6, 6.07) is 12.7. The zero-order chi connectivity index (χ0) is 30.3. The van der Waals surface area contributed by atoms with Gasteiger partial charge in [0.1, 0.15) is 24.8 Å². The molecular formula is C32H32F2N4O6. The Morgan fingerprint density at radius 3 is 2.50 bits per heavy atom. The molecule has 2 amide bonds. The Hall–Kier alpha value is -4.68. The molecule has 1 aromatic heterocycles. The number of morpholine rings is 1. The van der Waals surface area contributed by atoms with Crippen molar-refractivity contribution in [2.45, 2.75) is 13.0 Å². The summed E-state index contributed by atoms with van der Waals surface area (Å²) < 4.78 is 57.7. The SMILES string of the molecule is O=C(NCc1ccc(F)cc1)Nc1ccc(Oc2ccnc3cc(OCCCN4CCOCC4)c4c(c23)OCCO4)c(F)c1. The molecule has 10 nitrogen and oxygen atoms in total. The number of halogens is 2. The fraction of sp³-hybridized carbons (Fsp3) is 0.312. The molecule has 0 aliphatic carbocycles. The van der Waals surface area contributed by atoms with E-state index in [1.165, 1.54) is 24.3 Å². The number of aromatic nitrogens is 1. The summed E-state index contributed by atoms with van der Waals surface area (Å²) in [5.41, 5.74) is 1.50. The summed E-state index contributed by atoms with van der Waals surface area (Å²) in [5, 5.41) is 5.76. The first kappa shape index (κ1) is 29.4. The number of benzene rings is 3. The van der Waals surface area contributed by atoms with Gasteiger partial charge in [-0.25, -0.2) is 13.6 Å². The molecule has 0 spiro atoms. The van der Waals surface area contributed by atoms with Crippen molar-refractivity contribution >= 4 is 22.6 Å². The Bertz CT molecular complexity index is 1620. The van der Waals surface area contributed by atoms with Crippen molar-refractivity contribution in [1.82, 2.24) is 15.2 Å². The first-order valence-electron chi connectivity index (χ1n) is 14.4. The quantitative estimate of drug-likeness (QED) is 0.228. The van der Waals surface area contributed by atoms with E-state index in [1.807, 2.05) is 0 Å². The molecule has 4 aromatic rings. The second-order valence-corrected chi connectivity index (χ2v) is 10.3. The molecule has 44 heavy (non-hydrogen) atoms. The maximum atomic E-state index is 15.2. The van der Waals surface area contributed by atoms with E-state index in [0.29, 0.717) is 53.7 Å². The van der Waals surface area contributed by atoms with Crippen molar-refractivity contribution in [2.24, 2.45) is 0 Å². The highest BCUT2D eigenvalue weighted by molar-refractivity contribution is 5.95. The highest BCUT2D eigenvalue weighted by atomic mass is 19.1. The molecule has 1 fully saturated rings. The molecule has 2 aliphatic heterocycles. The van der Waals surface area contributed by atoms with Gasteiger partial charge in [-0.15, -0.1) is 0 Å². The Morgan fingerprint density at radius 2 is 1.70 bits per heavy atom. The molecule has 0 unspecified atom stereocenters. The third-order valence-corrected chi connectivity index (χ3v) is 7.20. The number of fused-ring (bicyclic) bond motifs is 3. The van der Waals surface area contributed by atoms with Crippen LogP contribution in [0.1, 0.15) is 12.0 Å². The maximum absolute atomic E-state index is 15.2. The normalized spacial score (nSPS) is 14.7. The third kappa shape index (κ3) is 7.09. The topological polar surface area (TPSA) is 103 Å². The van der Waals surface area contributed by atoms with Gasteiger partial charge >= 0.3 is 6.03 Å². The monoisotopic (exact) mass is 606 g/mol. The zero-order valence-corrected chi connectivity index (χ0v) is 23.9. The van der Waals surface area contributed by atoms with Crippen LogP contribution in [0.25, 0.3) is 10.9 Å². The summed E-state index contributed by atoms with van der Waals surface area (Å²) in [6.45, 7) is 5.62. The molecule has 0 atom stereocenters. The molecule has 12 heteroatoms. The molecule has 0 saturated carbocycles. The number of carbonyl (C=O) groups excluding carboxylic acids is 1. The van der Waals surface area contributed by atoms with E-state index in [0.717, 1.165) is 50.9 Å². The van der Waals surface area contributed by atoms with E-state index in [-0.39, 0.29) is 23.8 Å². The second kappa shape index (κ2) is 13.7. The van der Waals surface area contributed by atoms with Crippen LogP contribution in [0.5, 0.6) is 28.7 Å². The van der Waals surface area contributed by atoms with Crippen LogP contribution in [0, 0.1) is 11.6 Å². The van der Waals surface area contributed by atoms with Gasteiger partial charge in [0.15, 0.2) is 23.1 Å². The van der Waals surface area contributed by atoms with Crippen LogP contribution in [0.15, 0.2) is 60.8 Å². The summed E-state index contributed by atoms with van der Waals surface area (Å²) in [6.07, 6.45) is 2.40. The van der Waals surface area contributed by atoms with E-state index in [4.69, 9.17) is 23.7 Å². The van der Waals surface area contributed by atoms with Crippen molar-refractivity contribution in [3.8, 4) is 28.7 Å². The first-order valence-corrected chi connectivity index (χ1v) is 14.4. The number of hydrogen-bond donors (Lipinski definition) is 2. The Balaban J connectivity index is 1.14. The van der Waals surface area contributed by atoms with Gasteiger partial charge in [0.2, 0.25) is 5.75 Å². The van der Waals surface area contributed by atoms with Gasteiger partial charge in [0, 0.05) is 50.2 Å². The van der Waals surface area contributed by atoms with Gasteiger partial charge in [0.05, 0.1) is 30.7 Å². The number of nitrogens with zero attached hydrogens (tertiary/aromatic N) is 2. The lowest BCUT2D eigenvalue weighted by molar-refractivity contribution is 0.0357. The van der Waals surface area contributed by atoms with Gasteiger partial charge in [0.25, 0.3) is 0 Å². The number of rotatable bonds is 10. The van der Waals surface area contributed by atoms with Crippen molar-refractivity contribution in [3.05, 3.63) is 78.0 Å². The van der Waals surface area contributed by atoms with Gasteiger partial charge < -0.3 is 34.3 Å². The lowest BCUT2D eigenvalue weighted by Gasteiger charge is -2.26. The number of anilines is 1. The molecule has 6 rings (SSSR count). The lowest BCUT2D eigenvalue weighted by atomic mass is 10.1. The highest BCUT2D eigenvalue weighted by Gasteiger charge is 2.25. The molecule has 3 aromatic carbocycles. The number of ether oxygens (including phenoxy) is 5. The van der Waals surface area contributed by atoms with Gasteiger partial charge in [-0.05, 0) is 42.3 Å². The molecule has 0 radical (unpaired) electrons. The molecular weight excluding hydrogens is 574 g/mol. The Labute approximate surface area is 252 Å². The molecule has 230 valence electrons. The number of nitrogens with one attached hydrogen (secondary N) is 2. The smallest absolute Gasteiger partial charge is 0.319 e. The number of carbonyl (C=O) groups is 1. The van der Waals surface area contributed by atoms with Crippen LogP contribution in [0.3, 0.4) is 0 Å². The van der Waals surface area contributed by atoms with E-state index < -0.39 is 11.8 Å². The van der Waals surface area contributed by atoms with Gasteiger partial charge in [-0.1, -0.05) is 12.1 Å². The van der Waals surface area contributed by atoms with Crippen molar-refractivity contribution in [3.63, 3.8) is 0 Å². The number of hydrogen-bond acceptors (Lipinski definition) is 8. The Morgan fingerprint density at radius 1 is 0.909 bits per heavy atom. The predicted molar refractivity (Wildman–Crippen MR) is 159 cm³/mol. The Kier molecular flexibility index (Phi) is 9.18. The maximum Gasteiger partial charge on any atom is 0.319 e. The second-order valence-electron chi connectivity index (χ2n) is 10.3. The van der Waals surface area contributed by atoms with Crippen LogP contribution in [0.4, 0.5) is 19.3 Å². The molecule has 1 saturated heterocycles.